The average molecular weight is 136 g/mol. The predicted molar refractivity (Wildman–Crippen MR) is 36.8 cm³/mol. The molecule has 1 aromatic rings. The molecular weight excluding hydrogens is 128 g/mol. The molecule has 1 heterocycles. The molecule has 0 aromatic carbocycles. The van der Waals surface area contributed by atoms with E-state index < -0.39 is 0 Å². The highest BCUT2D eigenvalue weighted by Gasteiger charge is 1.97. The van der Waals surface area contributed by atoms with Gasteiger partial charge in [-0.1, -0.05) is 6.92 Å². The Labute approximate surface area is 59.1 Å². The van der Waals surface area contributed by atoms with Crippen LogP contribution >= 0.6 is 0 Å². The summed E-state index contributed by atoms with van der Waals surface area (Å²) in [4.78, 5) is 18.0. The van der Waals surface area contributed by atoms with Crippen molar-refractivity contribution in [3.63, 3.8) is 0 Å². The summed E-state index contributed by atoms with van der Waals surface area (Å²) in [6.45, 7) is 1.95. The molecule has 0 bridgehead atoms. The zero-order chi connectivity index (χ0) is 7.40. The predicted octanol–water partition coefficient (Wildman–Crippen LogP) is 0.851. The van der Waals surface area contributed by atoms with E-state index in [1.807, 2.05) is 6.92 Å². The molecule has 0 aliphatic rings. The Morgan fingerprint density at radius 1 is 1.70 bits per heavy atom. The molecule has 0 atom stereocenters. The Bertz CT molecular complexity index is 235. The van der Waals surface area contributed by atoms with Gasteiger partial charge in [-0.05, 0) is 6.42 Å². The maximum Gasteiger partial charge on any atom is 0.153 e. The topological polar surface area (TPSA) is 42.9 Å². The summed E-state index contributed by atoms with van der Waals surface area (Å²) in [6.07, 6.45) is 4.53. The number of carbonyl (C=O) groups is 1. The average Bonchev–Trinajstić information content (AvgIpc) is 2.04. The van der Waals surface area contributed by atoms with Crippen LogP contribution in [0.3, 0.4) is 0 Å². The molecule has 3 heteroatoms. The molecule has 0 N–H and O–H groups in total. The summed E-state index contributed by atoms with van der Waals surface area (Å²) < 4.78 is 0. The van der Waals surface area contributed by atoms with Gasteiger partial charge < -0.3 is 0 Å². The number of hydrogen-bond donors (Lipinski definition) is 0. The molecular formula is C7H8N2O. The molecule has 0 aliphatic carbocycles. The lowest BCUT2D eigenvalue weighted by Gasteiger charge is -1.95. The van der Waals surface area contributed by atoms with Gasteiger partial charge in [-0.15, -0.1) is 0 Å². The van der Waals surface area contributed by atoms with Crippen molar-refractivity contribution >= 4 is 6.29 Å². The highest BCUT2D eigenvalue weighted by molar-refractivity contribution is 5.75. The molecule has 10 heavy (non-hydrogen) atoms. The van der Waals surface area contributed by atoms with Gasteiger partial charge in [-0.3, -0.25) is 4.79 Å². The zero-order valence-corrected chi connectivity index (χ0v) is 5.74. The van der Waals surface area contributed by atoms with Gasteiger partial charge in [0.25, 0.3) is 0 Å². The third-order valence-corrected chi connectivity index (χ3v) is 1.29. The van der Waals surface area contributed by atoms with Gasteiger partial charge >= 0.3 is 0 Å². The fourth-order valence-electron chi connectivity index (χ4n) is 0.760. The molecule has 3 nitrogen and oxygen atoms in total. The highest BCUT2D eigenvalue weighted by atomic mass is 16.1. The van der Waals surface area contributed by atoms with Gasteiger partial charge in [0.05, 0.1) is 11.3 Å². The van der Waals surface area contributed by atoms with E-state index in [4.69, 9.17) is 0 Å². The van der Waals surface area contributed by atoms with Crippen molar-refractivity contribution in [2.24, 2.45) is 0 Å². The smallest absolute Gasteiger partial charge is 0.153 e. The molecule has 52 valence electrons. The molecule has 0 amide bonds. The Balaban J connectivity index is 3.08. The molecule has 0 saturated heterocycles. The summed E-state index contributed by atoms with van der Waals surface area (Å²) >= 11 is 0. The van der Waals surface area contributed by atoms with Crippen molar-refractivity contribution in [3.8, 4) is 0 Å². The van der Waals surface area contributed by atoms with Crippen LogP contribution in [0.15, 0.2) is 12.5 Å². The van der Waals surface area contributed by atoms with E-state index >= 15 is 0 Å². The normalized spacial score (nSPS) is 9.30. The molecule has 0 spiro atoms. The molecule has 1 rings (SSSR count). The van der Waals surface area contributed by atoms with Gasteiger partial charge in [-0.25, -0.2) is 9.97 Å². The van der Waals surface area contributed by atoms with Crippen LogP contribution in [0.1, 0.15) is 23.0 Å². The van der Waals surface area contributed by atoms with Crippen molar-refractivity contribution < 1.29 is 4.79 Å². The van der Waals surface area contributed by atoms with Crippen LogP contribution in [0.5, 0.6) is 0 Å². The Morgan fingerprint density at radius 2 is 2.50 bits per heavy atom. The maximum atomic E-state index is 10.3. The van der Waals surface area contributed by atoms with E-state index in [-0.39, 0.29) is 0 Å². The Morgan fingerprint density at radius 3 is 3.00 bits per heavy atom. The van der Waals surface area contributed by atoms with Crippen molar-refractivity contribution in [2.75, 3.05) is 0 Å². The van der Waals surface area contributed by atoms with Crippen molar-refractivity contribution in [3.05, 3.63) is 23.8 Å². The highest BCUT2D eigenvalue weighted by Crippen LogP contribution is 1.99. The van der Waals surface area contributed by atoms with Crippen LogP contribution in [0.25, 0.3) is 0 Å². The van der Waals surface area contributed by atoms with Crippen LogP contribution in [-0.2, 0) is 6.42 Å². The lowest BCUT2D eigenvalue weighted by Crippen LogP contribution is -1.94. The summed E-state index contributed by atoms with van der Waals surface area (Å²) in [5.74, 6) is 0. The van der Waals surface area contributed by atoms with Crippen molar-refractivity contribution in [1.82, 2.24) is 9.97 Å². The summed E-state index contributed by atoms with van der Waals surface area (Å²) in [6, 6.07) is 0. The van der Waals surface area contributed by atoms with Crippen LogP contribution in [0, 0.1) is 0 Å². The standard InChI is InChI=1S/C7H8N2O/c1-2-7-6(4-10)3-8-5-9-7/h3-5H,2H2,1H3. The first-order valence-electron chi connectivity index (χ1n) is 3.12. The zero-order valence-electron chi connectivity index (χ0n) is 5.74. The SMILES string of the molecule is CCc1ncncc1C=O. The lowest BCUT2D eigenvalue weighted by molar-refractivity contribution is 0.112. The van der Waals surface area contributed by atoms with Gasteiger partial charge in [0.15, 0.2) is 6.29 Å². The minimum absolute atomic E-state index is 0.588. The van der Waals surface area contributed by atoms with Crippen molar-refractivity contribution in [2.45, 2.75) is 13.3 Å². The van der Waals surface area contributed by atoms with Crippen LogP contribution < -0.4 is 0 Å². The van der Waals surface area contributed by atoms with Gasteiger partial charge in [0.2, 0.25) is 0 Å². The molecule has 0 aliphatic heterocycles. The van der Waals surface area contributed by atoms with E-state index in [1.165, 1.54) is 12.5 Å². The first-order valence-corrected chi connectivity index (χ1v) is 3.12. The van der Waals surface area contributed by atoms with E-state index in [1.54, 1.807) is 0 Å². The first-order chi connectivity index (χ1) is 4.88. The number of rotatable bonds is 2. The summed E-state index contributed by atoms with van der Waals surface area (Å²) in [5.41, 5.74) is 1.40. The minimum atomic E-state index is 0.588. The van der Waals surface area contributed by atoms with Crippen LogP contribution in [0.4, 0.5) is 0 Å². The van der Waals surface area contributed by atoms with Gasteiger partial charge in [0, 0.05) is 6.20 Å². The number of aldehydes is 1. The second-order valence-corrected chi connectivity index (χ2v) is 1.90. The van der Waals surface area contributed by atoms with Crippen LogP contribution in [0.2, 0.25) is 0 Å². The largest absolute Gasteiger partial charge is 0.298 e. The monoisotopic (exact) mass is 136 g/mol. The van der Waals surface area contributed by atoms with Crippen molar-refractivity contribution in [1.29, 1.82) is 0 Å². The number of aryl methyl sites for hydroxylation is 1. The molecule has 0 fully saturated rings. The number of carbonyl (C=O) groups excluding carboxylic acids is 1. The summed E-state index contributed by atoms with van der Waals surface area (Å²) in [7, 11) is 0. The first kappa shape index (κ1) is 6.86. The Kier molecular flexibility index (Phi) is 2.10. The van der Waals surface area contributed by atoms with Gasteiger partial charge in [-0.2, -0.15) is 0 Å². The number of aromatic nitrogens is 2. The molecule has 0 radical (unpaired) electrons. The summed E-state index contributed by atoms with van der Waals surface area (Å²) in [5, 5.41) is 0. The van der Waals surface area contributed by atoms with E-state index in [0.717, 1.165) is 18.4 Å². The van der Waals surface area contributed by atoms with E-state index in [2.05, 4.69) is 9.97 Å². The van der Waals surface area contributed by atoms with Crippen LogP contribution in [-0.4, -0.2) is 16.3 Å². The fraction of sp³-hybridized carbons (Fsp3) is 0.286. The number of nitrogens with zero attached hydrogens (tertiary/aromatic N) is 2. The molecule has 0 unspecified atom stereocenters. The third-order valence-electron chi connectivity index (χ3n) is 1.29. The quantitative estimate of drug-likeness (QED) is 0.566. The lowest BCUT2D eigenvalue weighted by atomic mass is 10.2. The molecule has 0 saturated carbocycles. The van der Waals surface area contributed by atoms with E-state index in [0.29, 0.717) is 5.56 Å². The van der Waals surface area contributed by atoms with E-state index in [9.17, 15) is 4.79 Å². The minimum Gasteiger partial charge on any atom is -0.298 e. The Hall–Kier alpha value is -1.25. The second-order valence-electron chi connectivity index (χ2n) is 1.90. The van der Waals surface area contributed by atoms with Gasteiger partial charge in [0.1, 0.15) is 6.33 Å². The maximum absolute atomic E-state index is 10.3. The third kappa shape index (κ3) is 1.18. The number of hydrogen-bond acceptors (Lipinski definition) is 3. The fourth-order valence-corrected chi connectivity index (χ4v) is 0.760. The molecule has 1 aromatic heterocycles. The second kappa shape index (κ2) is 3.06.